The van der Waals surface area contributed by atoms with E-state index < -0.39 is 0 Å². The molecule has 170 valence electrons. The van der Waals surface area contributed by atoms with E-state index in [4.69, 9.17) is 10.5 Å². The third-order valence-electron chi connectivity index (χ3n) is 5.88. The fourth-order valence-corrected chi connectivity index (χ4v) is 3.97. The van der Waals surface area contributed by atoms with Gasteiger partial charge in [0.15, 0.2) is 0 Å². The van der Waals surface area contributed by atoms with E-state index >= 15 is 0 Å². The highest BCUT2D eigenvalue weighted by Gasteiger charge is 2.14. The zero-order valence-electron chi connectivity index (χ0n) is 19.5. The van der Waals surface area contributed by atoms with Crippen molar-refractivity contribution in [1.82, 2.24) is 4.98 Å². The molecule has 34 heavy (non-hydrogen) atoms. The first-order chi connectivity index (χ1) is 16.7. The lowest BCUT2D eigenvalue weighted by Gasteiger charge is -2.12. The normalized spacial score (nSPS) is 10.6. The van der Waals surface area contributed by atoms with Crippen LogP contribution in [-0.2, 0) is 0 Å². The van der Waals surface area contributed by atoms with E-state index in [1.165, 1.54) is 19.3 Å². The number of hydrogen-bond donors (Lipinski definition) is 1. The second-order valence-corrected chi connectivity index (χ2v) is 8.30. The Morgan fingerprint density at radius 3 is 2.12 bits per heavy atom. The summed E-state index contributed by atoms with van der Waals surface area (Å²) in [6.07, 6.45) is 4.69. The van der Waals surface area contributed by atoms with Crippen molar-refractivity contribution in [2.75, 3.05) is 12.3 Å². The smallest absolute Gasteiger partial charge is 0.142 e. The average molecular weight is 448 g/mol. The first-order valence-corrected chi connectivity index (χ1v) is 11.8. The molecule has 4 heteroatoms. The summed E-state index contributed by atoms with van der Waals surface area (Å²) in [5, 5.41) is 9.73. The van der Waals surface area contributed by atoms with Crippen LogP contribution in [0, 0.1) is 11.3 Å². The number of unbranched alkanes of at least 4 members (excludes halogenated alkanes) is 3. The second kappa shape index (κ2) is 11.2. The monoisotopic (exact) mass is 447 g/mol. The Morgan fingerprint density at radius 2 is 1.44 bits per heavy atom. The fourth-order valence-electron chi connectivity index (χ4n) is 3.97. The van der Waals surface area contributed by atoms with Gasteiger partial charge in [-0.05, 0) is 41.3 Å². The lowest BCUT2D eigenvalue weighted by Crippen LogP contribution is -2.00. The first-order valence-electron chi connectivity index (χ1n) is 11.8. The minimum Gasteiger partial charge on any atom is -0.494 e. The number of aromatic nitrogens is 1. The number of pyridine rings is 1. The van der Waals surface area contributed by atoms with Crippen LogP contribution in [0.15, 0.2) is 84.9 Å². The number of anilines is 1. The van der Waals surface area contributed by atoms with Gasteiger partial charge in [-0.1, -0.05) is 92.9 Å². The molecule has 0 bridgehead atoms. The Kier molecular flexibility index (Phi) is 7.57. The van der Waals surface area contributed by atoms with Crippen LogP contribution in [0.4, 0.5) is 5.82 Å². The predicted octanol–water partition coefficient (Wildman–Crippen LogP) is 7.50. The van der Waals surface area contributed by atoms with Crippen LogP contribution in [0.25, 0.3) is 33.5 Å². The highest BCUT2D eigenvalue weighted by Crippen LogP contribution is 2.33. The van der Waals surface area contributed by atoms with Crippen molar-refractivity contribution in [3.63, 3.8) is 0 Å². The number of hydrogen-bond acceptors (Lipinski definition) is 4. The number of nitrogens with zero attached hydrogens (tertiary/aromatic N) is 2. The average Bonchev–Trinajstić information content (AvgIpc) is 2.89. The van der Waals surface area contributed by atoms with Crippen molar-refractivity contribution in [3.05, 3.63) is 90.5 Å². The Balaban J connectivity index is 1.58. The molecule has 1 heterocycles. The Bertz CT molecular complexity index is 1260. The van der Waals surface area contributed by atoms with Crippen molar-refractivity contribution in [1.29, 1.82) is 5.26 Å². The van der Waals surface area contributed by atoms with Gasteiger partial charge in [0.1, 0.15) is 23.2 Å². The van der Waals surface area contributed by atoms with E-state index in [1.807, 2.05) is 60.7 Å². The number of nitrogens with two attached hydrogens (primary N) is 1. The molecule has 0 saturated heterocycles. The van der Waals surface area contributed by atoms with Gasteiger partial charge in [0.2, 0.25) is 0 Å². The molecule has 4 aromatic rings. The van der Waals surface area contributed by atoms with E-state index in [9.17, 15) is 5.26 Å². The van der Waals surface area contributed by atoms with E-state index in [0.717, 1.165) is 45.7 Å². The van der Waals surface area contributed by atoms with Gasteiger partial charge in [0.25, 0.3) is 0 Å². The van der Waals surface area contributed by atoms with E-state index in [1.54, 1.807) is 0 Å². The van der Waals surface area contributed by atoms with Crippen LogP contribution in [0.2, 0.25) is 0 Å². The van der Waals surface area contributed by atoms with Crippen molar-refractivity contribution in [3.8, 4) is 45.3 Å². The SMILES string of the molecule is CCCCCCOc1ccc(-c2cc(-c3ccc(-c4ccccc4)cc3)nc(N)c2C#N)cc1. The molecule has 0 fully saturated rings. The van der Waals surface area contributed by atoms with Crippen LogP contribution in [0.5, 0.6) is 5.75 Å². The summed E-state index contributed by atoms with van der Waals surface area (Å²) in [5.41, 5.74) is 12.3. The first kappa shape index (κ1) is 23.1. The number of rotatable bonds is 9. The van der Waals surface area contributed by atoms with Crippen LogP contribution in [-0.4, -0.2) is 11.6 Å². The fraction of sp³-hybridized carbons (Fsp3) is 0.200. The molecule has 4 rings (SSSR count). The molecule has 0 aliphatic heterocycles. The molecule has 0 unspecified atom stereocenters. The van der Waals surface area contributed by atoms with Crippen LogP contribution in [0.1, 0.15) is 38.2 Å². The zero-order chi connectivity index (χ0) is 23.8. The summed E-state index contributed by atoms with van der Waals surface area (Å²) in [5.74, 6) is 1.07. The molecular formula is C30H29N3O. The number of nitriles is 1. The van der Waals surface area contributed by atoms with Crippen molar-refractivity contribution in [2.24, 2.45) is 0 Å². The molecule has 3 aromatic carbocycles. The number of ether oxygens (including phenoxy) is 1. The maximum Gasteiger partial charge on any atom is 0.142 e. The highest BCUT2D eigenvalue weighted by molar-refractivity contribution is 5.81. The van der Waals surface area contributed by atoms with Gasteiger partial charge in [-0.3, -0.25) is 0 Å². The summed E-state index contributed by atoms with van der Waals surface area (Å²) in [4.78, 5) is 4.52. The summed E-state index contributed by atoms with van der Waals surface area (Å²) >= 11 is 0. The lowest BCUT2D eigenvalue weighted by atomic mass is 9.97. The van der Waals surface area contributed by atoms with Gasteiger partial charge >= 0.3 is 0 Å². The highest BCUT2D eigenvalue weighted by atomic mass is 16.5. The van der Waals surface area contributed by atoms with Crippen LogP contribution in [0.3, 0.4) is 0 Å². The summed E-state index contributed by atoms with van der Waals surface area (Å²) in [6, 6.07) is 30.5. The molecule has 0 atom stereocenters. The van der Waals surface area contributed by atoms with E-state index in [2.05, 4.69) is 42.2 Å². The number of benzene rings is 3. The number of nitrogen functional groups attached to an aromatic ring is 1. The van der Waals surface area contributed by atoms with Crippen molar-refractivity contribution >= 4 is 5.82 Å². The van der Waals surface area contributed by atoms with E-state index in [0.29, 0.717) is 12.2 Å². The second-order valence-electron chi connectivity index (χ2n) is 8.30. The largest absolute Gasteiger partial charge is 0.494 e. The molecule has 0 amide bonds. The summed E-state index contributed by atoms with van der Waals surface area (Å²) in [7, 11) is 0. The quantitative estimate of drug-likeness (QED) is 0.270. The Morgan fingerprint density at radius 1 is 0.794 bits per heavy atom. The van der Waals surface area contributed by atoms with Crippen molar-refractivity contribution < 1.29 is 4.74 Å². The third-order valence-corrected chi connectivity index (χ3v) is 5.88. The molecule has 1 aromatic heterocycles. The summed E-state index contributed by atoms with van der Waals surface area (Å²) < 4.78 is 5.86. The summed E-state index contributed by atoms with van der Waals surface area (Å²) in [6.45, 7) is 2.92. The van der Waals surface area contributed by atoms with Crippen molar-refractivity contribution in [2.45, 2.75) is 32.6 Å². The predicted molar refractivity (Wildman–Crippen MR) is 139 cm³/mol. The molecule has 0 spiro atoms. The minimum absolute atomic E-state index is 0.235. The van der Waals surface area contributed by atoms with Gasteiger partial charge in [-0.25, -0.2) is 4.98 Å². The standard InChI is InChI=1S/C30H29N3O/c1-2-3-4-8-19-34-26-17-15-24(16-18-26)27-20-29(33-30(32)28(27)21-31)25-13-11-23(12-14-25)22-9-6-5-7-10-22/h5-7,9-18,20H,2-4,8,19H2,1H3,(H2,32,33). The molecule has 4 nitrogen and oxygen atoms in total. The van der Waals surface area contributed by atoms with Crippen LogP contribution < -0.4 is 10.5 Å². The molecule has 2 N–H and O–H groups in total. The molecule has 0 aliphatic carbocycles. The third kappa shape index (κ3) is 5.44. The molecule has 0 aliphatic rings. The van der Waals surface area contributed by atoms with Gasteiger partial charge in [0.05, 0.1) is 12.3 Å². The molecule has 0 saturated carbocycles. The molecular weight excluding hydrogens is 418 g/mol. The van der Waals surface area contributed by atoms with Gasteiger partial charge in [-0.15, -0.1) is 0 Å². The maximum absolute atomic E-state index is 9.73. The maximum atomic E-state index is 9.73. The lowest BCUT2D eigenvalue weighted by molar-refractivity contribution is 0.305. The topological polar surface area (TPSA) is 71.9 Å². The Hall–Kier alpha value is -4.10. The van der Waals surface area contributed by atoms with Crippen LogP contribution >= 0.6 is 0 Å². The Labute approximate surface area is 201 Å². The van der Waals surface area contributed by atoms with Gasteiger partial charge in [0, 0.05) is 11.1 Å². The zero-order valence-corrected chi connectivity index (χ0v) is 19.5. The van der Waals surface area contributed by atoms with Gasteiger partial charge < -0.3 is 10.5 Å². The van der Waals surface area contributed by atoms with Gasteiger partial charge in [-0.2, -0.15) is 5.26 Å². The molecule has 0 radical (unpaired) electrons. The van der Waals surface area contributed by atoms with E-state index in [-0.39, 0.29) is 5.82 Å². The minimum atomic E-state index is 0.235.